The van der Waals surface area contributed by atoms with Crippen LogP contribution in [0, 0.1) is 0 Å². The Kier molecular flexibility index (Phi) is 4.19. The fraction of sp³-hybridized carbons (Fsp3) is 0.727. The maximum atomic E-state index is 11.3. The fourth-order valence-electron chi connectivity index (χ4n) is 0.813. The minimum absolute atomic E-state index is 0.191. The van der Waals surface area contributed by atoms with Crippen molar-refractivity contribution in [2.45, 2.75) is 52.7 Å². The Labute approximate surface area is 91.6 Å². The largest absolute Gasteiger partial charge is 0.474 e. The Morgan fingerprint density at radius 2 is 1.40 bits per heavy atom. The van der Waals surface area contributed by atoms with Crippen LogP contribution in [0.3, 0.4) is 0 Å². The first-order chi connectivity index (χ1) is 6.49. The summed E-state index contributed by atoms with van der Waals surface area (Å²) in [5.41, 5.74) is -0.905. The van der Waals surface area contributed by atoms with Gasteiger partial charge in [0.25, 0.3) is 0 Å². The summed E-state index contributed by atoms with van der Waals surface area (Å²) in [5, 5.41) is 2.42. The van der Waals surface area contributed by atoms with Gasteiger partial charge in [-0.1, -0.05) is 0 Å². The molecule has 1 amide bonds. The van der Waals surface area contributed by atoms with E-state index < -0.39 is 11.7 Å². The first-order valence-corrected chi connectivity index (χ1v) is 4.87. The third-order valence-electron chi connectivity index (χ3n) is 1.07. The Balaban J connectivity index is 4.04. The maximum absolute atomic E-state index is 11.3. The Hall–Kier alpha value is -1.19. The summed E-state index contributed by atoms with van der Waals surface area (Å²) in [4.78, 5) is 11.3. The van der Waals surface area contributed by atoms with Crippen LogP contribution >= 0.6 is 0 Å². The number of alkyl carbamates (subject to hydrolysis) is 1. The molecule has 0 aliphatic rings. The molecule has 1 N–H and O–H groups in total. The highest BCUT2D eigenvalue weighted by Crippen LogP contribution is 2.11. The first kappa shape index (κ1) is 13.8. The van der Waals surface area contributed by atoms with E-state index >= 15 is 0 Å². The van der Waals surface area contributed by atoms with Crippen LogP contribution in [0.4, 0.5) is 4.79 Å². The van der Waals surface area contributed by atoms with Crippen LogP contribution in [0.15, 0.2) is 12.5 Å². The zero-order valence-electron chi connectivity index (χ0n) is 10.4. The van der Waals surface area contributed by atoms with Crippen molar-refractivity contribution >= 4 is 6.09 Å². The number of rotatable bonds is 2. The van der Waals surface area contributed by atoms with E-state index in [4.69, 9.17) is 9.47 Å². The molecule has 0 bridgehead atoms. The molecule has 0 heterocycles. The van der Waals surface area contributed by atoms with E-state index in [1.165, 1.54) is 0 Å². The molecule has 0 unspecified atom stereocenters. The van der Waals surface area contributed by atoms with Gasteiger partial charge in [-0.3, -0.25) is 5.32 Å². The lowest BCUT2D eigenvalue weighted by molar-refractivity contribution is 0.0252. The highest BCUT2D eigenvalue weighted by Gasteiger charge is 2.18. The van der Waals surface area contributed by atoms with Gasteiger partial charge in [-0.05, 0) is 48.1 Å². The summed E-state index contributed by atoms with van der Waals surface area (Å²) in [6.45, 7) is 14.6. The van der Waals surface area contributed by atoms with Crippen LogP contribution in [0.25, 0.3) is 0 Å². The van der Waals surface area contributed by atoms with Gasteiger partial charge in [-0.15, -0.1) is 0 Å². The van der Waals surface area contributed by atoms with Crippen LogP contribution in [0.1, 0.15) is 41.5 Å². The summed E-state index contributed by atoms with van der Waals surface area (Å²) in [6.07, 6.45) is -0.559. The lowest BCUT2D eigenvalue weighted by Gasteiger charge is -2.24. The van der Waals surface area contributed by atoms with E-state index in [-0.39, 0.29) is 11.5 Å². The van der Waals surface area contributed by atoms with Gasteiger partial charge < -0.3 is 9.47 Å². The standard InChI is InChI=1S/C11H21NO3/c1-8(14-10(2,3)4)12-9(13)15-11(5,6)7/h1H2,2-7H3,(H,12,13). The van der Waals surface area contributed by atoms with Crippen molar-refractivity contribution in [2.24, 2.45) is 0 Å². The monoisotopic (exact) mass is 215 g/mol. The van der Waals surface area contributed by atoms with Gasteiger partial charge in [-0.2, -0.15) is 0 Å². The highest BCUT2D eigenvalue weighted by molar-refractivity contribution is 5.69. The summed E-state index contributed by atoms with van der Waals surface area (Å²) in [6, 6.07) is 0. The van der Waals surface area contributed by atoms with E-state index in [1.807, 2.05) is 20.8 Å². The molecule has 0 fully saturated rings. The lowest BCUT2D eigenvalue weighted by atomic mass is 10.2. The molecule has 0 rings (SSSR count). The Bertz CT molecular complexity index is 220. The Morgan fingerprint density at radius 1 is 1.00 bits per heavy atom. The number of amides is 1. The second-order valence-electron chi connectivity index (χ2n) is 5.26. The minimum atomic E-state index is -0.559. The summed E-state index contributed by atoms with van der Waals surface area (Å²) >= 11 is 0. The topological polar surface area (TPSA) is 47.6 Å². The van der Waals surface area contributed by atoms with Crippen LogP contribution in [0.5, 0.6) is 0 Å². The number of ether oxygens (including phenoxy) is 2. The second-order valence-corrected chi connectivity index (χ2v) is 5.26. The van der Waals surface area contributed by atoms with Crippen LogP contribution in [-0.2, 0) is 9.47 Å². The third-order valence-corrected chi connectivity index (χ3v) is 1.07. The van der Waals surface area contributed by atoms with E-state index in [0.29, 0.717) is 0 Å². The van der Waals surface area contributed by atoms with Crippen molar-refractivity contribution < 1.29 is 14.3 Å². The highest BCUT2D eigenvalue weighted by atomic mass is 16.6. The molecular weight excluding hydrogens is 194 g/mol. The molecule has 0 aliphatic heterocycles. The van der Waals surface area contributed by atoms with E-state index in [9.17, 15) is 4.79 Å². The van der Waals surface area contributed by atoms with Crippen LogP contribution in [-0.4, -0.2) is 17.3 Å². The predicted octanol–water partition coefficient (Wildman–Crippen LogP) is 2.80. The maximum Gasteiger partial charge on any atom is 0.414 e. The van der Waals surface area contributed by atoms with Crippen molar-refractivity contribution in [3.05, 3.63) is 12.5 Å². The molecule has 0 aromatic heterocycles. The molecule has 0 saturated heterocycles. The van der Waals surface area contributed by atoms with Gasteiger partial charge >= 0.3 is 6.09 Å². The van der Waals surface area contributed by atoms with Gasteiger partial charge in [0.1, 0.15) is 11.2 Å². The summed E-state index contributed by atoms with van der Waals surface area (Å²) in [7, 11) is 0. The average Bonchev–Trinajstić information content (AvgIpc) is 1.73. The quantitative estimate of drug-likeness (QED) is 0.720. The van der Waals surface area contributed by atoms with Gasteiger partial charge in [0, 0.05) is 0 Å². The number of carbonyl (C=O) groups is 1. The van der Waals surface area contributed by atoms with Crippen molar-refractivity contribution in [3.8, 4) is 0 Å². The van der Waals surface area contributed by atoms with Crippen molar-refractivity contribution in [1.29, 1.82) is 0 Å². The SMILES string of the molecule is C=C(NC(=O)OC(C)(C)C)OC(C)(C)C. The van der Waals surface area contributed by atoms with Gasteiger partial charge in [0.15, 0.2) is 5.88 Å². The van der Waals surface area contributed by atoms with E-state index in [2.05, 4.69) is 11.9 Å². The smallest absolute Gasteiger partial charge is 0.414 e. The average molecular weight is 215 g/mol. The molecule has 0 aromatic carbocycles. The summed E-state index contributed by atoms with van der Waals surface area (Å²) < 4.78 is 10.3. The number of hydrogen-bond donors (Lipinski definition) is 1. The second kappa shape index (κ2) is 4.55. The van der Waals surface area contributed by atoms with Gasteiger partial charge in [-0.25, -0.2) is 4.79 Å². The predicted molar refractivity (Wildman–Crippen MR) is 59.3 cm³/mol. The van der Waals surface area contributed by atoms with Crippen molar-refractivity contribution in [1.82, 2.24) is 5.32 Å². The molecule has 4 nitrogen and oxygen atoms in total. The minimum Gasteiger partial charge on any atom is -0.474 e. The molecule has 0 saturated carbocycles. The van der Waals surface area contributed by atoms with Gasteiger partial charge in [0.2, 0.25) is 0 Å². The molecule has 0 atom stereocenters. The summed E-state index contributed by atoms with van der Waals surface area (Å²) in [5.74, 6) is 0.191. The van der Waals surface area contributed by atoms with Crippen LogP contribution in [0.2, 0.25) is 0 Å². The van der Waals surface area contributed by atoms with Crippen LogP contribution < -0.4 is 5.32 Å². The van der Waals surface area contributed by atoms with Crippen molar-refractivity contribution in [2.75, 3.05) is 0 Å². The number of hydrogen-bond acceptors (Lipinski definition) is 3. The molecule has 0 radical (unpaired) electrons. The van der Waals surface area contributed by atoms with E-state index in [1.54, 1.807) is 20.8 Å². The molecule has 88 valence electrons. The normalized spacial score (nSPS) is 11.9. The number of carbonyl (C=O) groups excluding carboxylic acids is 1. The van der Waals surface area contributed by atoms with Crippen molar-refractivity contribution in [3.63, 3.8) is 0 Å². The molecule has 4 heteroatoms. The zero-order valence-corrected chi connectivity index (χ0v) is 10.4. The molecule has 0 aromatic rings. The third kappa shape index (κ3) is 9.12. The van der Waals surface area contributed by atoms with E-state index in [0.717, 1.165) is 0 Å². The number of nitrogens with one attached hydrogen (secondary N) is 1. The lowest BCUT2D eigenvalue weighted by Crippen LogP contribution is -2.34. The first-order valence-electron chi connectivity index (χ1n) is 4.87. The fourth-order valence-corrected chi connectivity index (χ4v) is 0.813. The van der Waals surface area contributed by atoms with Gasteiger partial charge in [0.05, 0.1) is 0 Å². The molecule has 0 aliphatic carbocycles. The zero-order chi connectivity index (χ0) is 12.3. The Morgan fingerprint density at radius 3 is 1.73 bits per heavy atom. The molecule has 15 heavy (non-hydrogen) atoms. The molecule has 0 spiro atoms. The molecular formula is C11H21NO3.